The highest BCUT2D eigenvalue weighted by atomic mass is 32.1. The number of rotatable bonds is 3. The predicted octanol–water partition coefficient (Wildman–Crippen LogP) is 2.95. The summed E-state index contributed by atoms with van der Waals surface area (Å²) < 4.78 is 1.66. The quantitative estimate of drug-likeness (QED) is 0.733. The third-order valence-electron chi connectivity index (χ3n) is 4.87. The summed E-state index contributed by atoms with van der Waals surface area (Å²) in [5.74, 6) is 0.821. The average molecular weight is 343 g/mol. The van der Waals surface area contributed by atoms with Crippen molar-refractivity contribution in [1.29, 1.82) is 0 Å². The second-order valence-corrected chi connectivity index (χ2v) is 7.54. The molecule has 0 spiro atoms. The van der Waals surface area contributed by atoms with Crippen molar-refractivity contribution in [3.05, 3.63) is 22.6 Å². The van der Waals surface area contributed by atoms with Gasteiger partial charge in [0.15, 0.2) is 5.65 Å². The molecule has 3 aromatic heterocycles. The van der Waals surface area contributed by atoms with Crippen molar-refractivity contribution in [2.45, 2.75) is 40.0 Å². The number of thiophene rings is 1. The van der Waals surface area contributed by atoms with Gasteiger partial charge in [-0.05, 0) is 44.6 Å². The van der Waals surface area contributed by atoms with Crippen LogP contribution < -0.4 is 0 Å². The van der Waals surface area contributed by atoms with Crippen LogP contribution >= 0.6 is 11.3 Å². The Morgan fingerprint density at radius 3 is 2.96 bits per heavy atom. The van der Waals surface area contributed by atoms with Crippen molar-refractivity contribution in [1.82, 2.24) is 24.5 Å². The fourth-order valence-corrected chi connectivity index (χ4v) is 4.67. The average Bonchev–Trinajstić information content (AvgIpc) is 3.16. The fraction of sp³-hybridized carbons (Fsp3) is 0.529. The molecule has 7 heteroatoms. The molecular formula is C17H21N5OS. The van der Waals surface area contributed by atoms with Crippen LogP contribution in [0.1, 0.15) is 48.3 Å². The van der Waals surface area contributed by atoms with Gasteiger partial charge in [-0.1, -0.05) is 6.92 Å². The number of hydrogen-bond acceptors (Lipinski definition) is 5. The lowest BCUT2D eigenvalue weighted by Crippen LogP contribution is -2.31. The maximum atomic E-state index is 12.6. The molecule has 0 bridgehead atoms. The molecule has 1 amide bonds. The molecule has 24 heavy (non-hydrogen) atoms. The third kappa shape index (κ3) is 2.30. The van der Waals surface area contributed by atoms with Gasteiger partial charge in [0.2, 0.25) is 5.82 Å². The molecular weight excluding hydrogens is 322 g/mol. The van der Waals surface area contributed by atoms with Gasteiger partial charge in [-0.3, -0.25) is 4.79 Å². The molecule has 126 valence electrons. The molecule has 0 aromatic carbocycles. The van der Waals surface area contributed by atoms with Crippen LogP contribution in [-0.2, 0) is 12.8 Å². The van der Waals surface area contributed by atoms with Crippen LogP contribution in [0.3, 0.4) is 0 Å². The Labute approximate surface area is 144 Å². The first-order chi connectivity index (χ1) is 11.6. The third-order valence-corrected chi connectivity index (χ3v) is 6.07. The molecule has 4 rings (SSSR count). The standard InChI is InChI=1S/C17H21N5OS/c1-4-21(5-2)17(23)14-19-15-13-11-8-10(3)6-7-12(11)24-16(13)18-9-22(15)20-14/h9-10H,4-8H2,1-3H3/t10-/m0/s1. The van der Waals surface area contributed by atoms with Crippen molar-refractivity contribution in [2.24, 2.45) is 5.92 Å². The van der Waals surface area contributed by atoms with Gasteiger partial charge < -0.3 is 4.90 Å². The summed E-state index contributed by atoms with van der Waals surface area (Å²) in [4.78, 5) is 25.9. The van der Waals surface area contributed by atoms with E-state index < -0.39 is 0 Å². The van der Waals surface area contributed by atoms with Crippen LogP contribution in [0.4, 0.5) is 0 Å². The summed E-state index contributed by atoms with van der Waals surface area (Å²) in [5.41, 5.74) is 2.13. The van der Waals surface area contributed by atoms with E-state index >= 15 is 0 Å². The van der Waals surface area contributed by atoms with Crippen molar-refractivity contribution in [2.75, 3.05) is 13.1 Å². The zero-order valence-electron chi connectivity index (χ0n) is 14.2. The van der Waals surface area contributed by atoms with E-state index in [0.29, 0.717) is 19.0 Å². The summed E-state index contributed by atoms with van der Waals surface area (Å²) in [6.45, 7) is 7.54. The Morgan fingerprint density at radius 1 is 1.42 bits per heavy atom. The fourth-order valence-electron chi connectivity index (χ4n) is 3.49. The first-order valence-corrected chi connectivity index (χ1v) is 9.38. The number of aromatic nitrogens is 4. The monoisotopic (exact) mass is 343 g/mol. The van der Waals surface area contributed by atoms with Crippen LogP contribution in [0.15, 0.2) is 6.33 Å². The Morgan fingerprint density at radius 2 is 2.21 bits per heavy atom. The van der Waals surface area contributed by atoms with Gasteiger partial charge in [0.1, 0.15) is 11.2 Å². The van der Waals surface area contributed by atoms with E-state index in [9.17, 15) is 4.79 Å². The van der Waals surface area contributed by atoms with Gasteiger partial charge in [0.25, 0.3) is 5.91 Å². The van der Waals surface area contributed by atoms with Crippen LogP contribution in [-0.4, -0.2) is 43.5 Å². The summed E-state index contributed by atoms with van der Waals surface area (Å²) in [6, 6.07) is 0. The van der Waals surface area contributed by atoms with E-state index in [4.69, 9.17) is 0 Å². The zero-order valence-corrected chi connectivity index (χ0v) is 15.1. The van der Waals surface area contributed by atoms with Crippen LogP contribution in [0.25, 0.3) is 15.9 Å². The van der Waals surface area contributed by atoms with Crippen LogP contribution in [0, 0.1) is 5.92 Å². The van der Waals surface area contributed by atoms with Gasteiger partial charge in [-0.25, -0.2) is 14.5 Å². The van der Waals surface area contributed by atoms with E-state index in [1.807, 2.05) is 13.8 Å². The van der Waals surface area contributed by atoms with Crippen molar-refractivity contribution >= 4 is 33.1 Å². The zero-order chi connectivity index (χ0) is 16.8. The molecule has 0 unspecified atom stereocenters. The van der Waals surface area contributed by atoms with Crippen LogP contribution in [0.2, 0.25) is 0 Å². The lowest BCUT2D eigenvalue weighted by atomic mass is 9.89. The molecule has 1 atom stereocenters. The number of carbonyl (C=O) groups is 1. The molecule has 3 aromatic rings. The van der Waals surface area contributed by atoms with Crippen LogP contribution in [0.5, 0.6) is 0 Å². The summed E-state index contributed by atoms with van der Waals surface area (Å²) in [5, 5.41) is 5.48. The molecule has 0 saturated heterocycles. The highest BCUT2D eigenvalue weighted by Crippen LogP contribution is 2.38. The van der Waals surface area contributed by atoms with Gasteiger partial charge in [0, 0.05) is 18.0 Å². The highest BCUT2D eigenvalue weighted by molar-refractivity contribution is 7.19. The molecule has 0 radical (unpaired) electrons. The van der Waals surface area contributed by atoms with Gasteiger partial charge in [0.05, 0.1) is 5.39 Å². The Balaban J connectivity index is 1.89. The summed E-state index contributed by atoms with van der Waals surface area (Å²) >= 11 is 1.76. The molecule has 6 nitrogen and oxygen atoms in total. The Hall–Kier alpha value is -2.02. The number of fused-ring (bicyclic) bond motifs is 5. The molecule has 3 heterocycles. The number of amides is 1. The molecule has 0 N–H and O–H groups in total. The maximum Gasteiger partial charge on any atom is 0.293 e. The van der Waals surface area contributed by atoms with Gasteiger partial charge >= 0.3 is 0 Å². The summed E-state index contributed by atoms with van der Waals surface area (Å²) in [7, 11) is 0. The van der Waals surface area contributed by atoms with Gasteiger partial charge in [-0.15, -0.1) is 16.4 Å². The molecule has 0 fully saturated rings. The van der Waals surface area contributed by atoms with Crippen molar-refractivity contribution in [3.63, 3.8) is 0 Å². The lowest BCUT2D eigenvalue weighted by molar-refractivity contribution is 0.0761. The first kappa shape index (κ1) is 15.5. The minimum Gasteiger partial charge on any atom is -0.336 e. The number of aryl methyl sites for hydroxylation is 1. The molecule has 1 aliphatic carbocycles. The highest BCUT2D eigenvalue weighted by Gasteiger charge is 2.25. The Kier molecular flexibility index (Phi) is 3.75. The van der Waals surface area contributed by atoms with Crippen molar-refractivity contribution < 1.29 is 4.79 Å². The summed E-state index contributed by atoms with van der Waals surface area (Å²) in [6.07, 6.45) is 5.08. The maximum absolute atomic E-state index is 12.6. The number of hydrogen-bond donors (Lipinski definition) is 0. The van der Waals surface area contributed by atoms with Gasteiger partial charge in [-0.2, -0.15) is 0 Å². The topological polar surface area (TPSA) is 63.4 Å². The lowest BCUT2D eigenvalue weighted by Gasteiger charge is -2.17. The van der Waals surface area contributed by atoms with E-state index in [2.05, 4.69) is 22.0 Å². The van der Waals surface area contributed by atoms with Crippen molar-refractivity contribution in [3.8, 4) is 0 Å². The second kappa shape index (κ2) is 5.81. The molecule has 0 saturated carbocycles. The predicted molar refractivity (Wildman–Crippen MR) is 94.6 cm³/mol. The van der Waals surface area contributed by atoms with E-state index in [0.717, 1.165) is 28.7 Å². The second-order valence-electron chi connectivity index (χ2n) is 6.46. The van der Waals surface area contributed by atoms with E-state index in [1.54, 1.807) is 27.1 Å². The Bertz CT molecular complexity index is 924. The number of nitrogens with zero attached hydrogens (tertiary/aromatic N) is 5. The smallest absolute Gasteiger partial charge is 0.293 e. The largest absolute Gasteiger partial charge is 0.336 e. The SMILES string of the molecule is CCN(CC)C(=O)c1nc2c3c4c(sc3ncn2n1)CC[C@H](C)C4. The normalized spacial score (nSPS) is 17.4. The minimum atomic E-state index is -0.116. The molecule has 1 aliphatic rings. The van der Waals surface area contributed by atoms with E-state index in [1.165, 1.54) is 16.9 Å². The minimum absolute atomic E-state index is 0.116. The first-order valence-electron chi connectivity index (χ1n) is 8.57. The van der Waals surface area contributed by atoms with E-state index in [-0.39, 0.29) is 11.7 Å². The number of carbonyl (C=O) groups excluding carboxylic acids is 1. The molecule has 0 aliphatic heterocycles.